The summed E-state index contributed by atoms with van der Waals surface area (Å²) in [7, 11) is 1.86. The van der Waals surface area contributed by atoms with Crippen LogP contribution in [-0.2, 0) is 23.1 Å². The molecule has 1 amide bonds. The first-order valence-electron chi connectivity index (χ1n) is 11.2. The standard InChI is InChI=1S/C25H28N4O4/c1-27-15-7-11-22(27)25(32)28-16-6-5-10-20(28)14-17-33-24(31)18-29-23(30)13-12-21(26-29)19-8-3-2-4-9-19/h2-4,7-9,11-13,15,20H,5-6,10,14,16-18H2,1H3. The van der Waals surface area contributed by atoms with Crippen LogP contribution in [0.2, 0.25) is 0 Å². The van der Waals surface area contributed by atoms with Crippen LogP contribution >= 0.6 is 0 Å². The number of likely N-dealkylation sites (tertiary alicyclic amines) is 1. The zero-order chi connectivity index (χ0) is 23.2. The Balaban J connectivity index is 1.34. The summed E-state index contributed by atoms with van der Waals surface area (Å²) in [5, 5.41) is 4.30. The monoisotopic (exact) mass is 448 g/mol. The number of ether oxygens (including phenoxy) is 1. The van der Waals surface area contributed by atoms with E-state index >= 15 is 0 Å². The third-order valence-electron chi connectivity index (χ3n) is 5.98. The number of piperidine rings is 1. The lowest BCUT2D eigenvalue weighted by Crippen LogP contribution is -2.45. The van der Waals surface area contributed by atoms with E-state index in [1.807, 2.05) is 65.2 Å². The van der Waals surface area contributed by atoms with Crippen molar-refractivity contribution in [2.45, 2.75) is 38.3 Å². The fourth-order valence-corrected chi connectivity index (χ4v) is 4.20. The second-order valence-electron chi connectivity index (χ2n) is 8.24. The number of hydrogen-bond donors (Lipinski definition) is 0. The Morgan fingerprint density at radius 1 is 1.06 bits per heavy atom. The van der Waals surface area contributed by atoms with E-state index in [0.717, 1.165) is 29.5 Å². The predicted octanol–water partition coefficient (Wildman–Crippen LogP) is 2.88. The van der Waals surface area contributed by atoms with Crippen LogP contribution in [0.5, 0.6) is 0 Å². The van der Waals surface area contributed by atoms with Crippen molar-refractivity contribution in [3.63, 3.8) is 0 Å². The molecule has 1 aromatic carbocycles. The van der Waals surface area contributed by atoms with Crippen molar-refractivity contribution >= 4 is 11.9 Å². The Morgan fingerprint density at radius 2 is 1.88 bits per heavy atom. The van der Waals surface area contributed by atoms with Crippen molar-refractivity contribution in [3.05, 3.63) is 76.8 Å². The zero-order valence-corrected chi connectivity index (χ0v) is 18.7. The highest BCUT2D eigenvalue weighted by molar-refractivity contribution is 5.93. The smallest absolute Gasteiger partial charge is 0.327 e. The van der Waals surface area contributed by atoms with Gasteiger partial charge in [-0.15, -0.1) is 0 Å². The lowest BCUT2D eigenvalue weighted by atomic mass is 9.99. The van der Waals surface area contributed by atoms with E-state index < -0.39 is 5.97 Å². The quantitative estimate of drug-likeness (QED) is 0.519. The highest BCUT2D eigenvalue weighted by Crippen LogP contribution is 2.22. The van der Waals surface area contributed by atoms with Crippen LogP contribution in [0.15, 0.2) is 65.6 Å². The van der Waals surface area contributed by atoms with Crippen LogP contribution in [0, 0.1) is 0 Å². The number of hydrogen-bond acceptors (Lipinski definition) is 5. The average Bonchev–Trinajstić information content (AvgIpc) is 3.27. The van der Waals surface area contributed by atoms with Gasteiger partial charge in [-0.2, -0.15) is 5.10 Å². The molecule has 0 spiro atoms. The molecule has 1 aliphatic rings. The summed E-state index contributed by atoms with van der Waals surface area (Å²) in [4.78, 5) is 39.4. The predicted molar refractivity (Wildman–Crippen MR) is 124 cm³/mol. The van der Waals surface area contributed by atoms with Crippen molar-refractivity contribution in [2.75, 3.05) is 13.2 Å². The fraction of sp³-hybridized carbons (Fsp3) is 0.360. The molecular formula is C25H28N4O4. The molecule has 0 bridgehead atoms. The number of aromatic nitrogens is 3. The second-order valence-corrected chi connectivity index (χ2v) is 8.24. The van der Waals surface area contributed by atoms with Gasteiger partial charge in [0.25, 0.3) is 11.5 Å². The molecule has 3 aromatic rings. The molecule has 1 aliphatic heterocycles. The van der Waals surface area contributed by atoms with E-state index in [1.165, 1.54) is 6.07 Å². The Morgan fingerprint density at radius 3 is 2.64 bits per heavy atom. The van der Waals surface area contributed by atoms with Gasteiger partial charge in [0.1, 0.15) is 12.2 Å². The molecule has 0 aliphatic carbocycles. The SMILES string of the molecule is Cn1cccc1C(=O)N1CCCCC1CCOC(=O)Cn1nc(-c2ccccc2)ccc1=O. The van der Waals surface area contributed by atoms with Gasteiger partial charge in [0.2, 0.25) is 0 Å². The van der Waals surface area contributed by atoms with Crippen molar-refractivity contribution < 1.29 is 14.3 Å². The minimum absolute atomic E-state index is 0.00649. The fourth-order valence-electron chi connectivity index (χ4n) is 4.20. The van der Waals surface area contributed by atoms with E-state index in [9.17, 15) is 14.4 Å². The second kappa shape index (κ2) is 10.3. The van der Waals surface area contributed by atoms with E-state index in [0.29, 0.717) is 24.4 Å². The van der Waals surface area contributed by atoms with Crippen LogP contribution in [-0.4, -0.2) is 50.3 Å². The summed E-state index contributed by atoms with van der Waals surface area (Å²) >= 11 is 0. The molecule has 0 N–H and O–H groups in total. The normalized spacial score (nSPS) is 15.9. The molecule has 1 unspecified atom stereocenters. The van der Waals surface area contributed by atoms with Crippen LogP contribution in [0.3, 0.4) is 0 Å². The minimum atomic E-state index is -0.522. The van der Waals surface area contributed by atoms with E-state index in [1.54, 1.807) is 6.07 Å². The first kappa shape index (κ1) is 22.5. The molecule has 1 saturated heterocycles. The zero-order valence-electron chi connectivity index (χ0n) is 18.7. The average molecular weight is 449 g/mol. The molecule has 0 saturated carbocycles. The van der Waals surface area contributed by atoms with Gasteiger partial charge < -0.3 is 14.2 Å². The number of nitrogens with zero attached hydrogens (tertiary/aromatic N) is 4. The lowest BCUT2D eigenvalue weighted by Gasteiger charge is -2.35. The lowest BCUT2D eigenvalue weighted by molar-refractivity contribution is -0.145. The Bertz CT molecular complexity index is 1170. The van der Waals surface area contributed by atoms with Crippen molar-refractivity contribution in [1.82, 2.24) is 19.2 Å². The number of amides is 1. The summed E-state index contributed by atoms with van der Waals surface area (Å²) in [6, 6.07) is 16.2. The van der Waals surface area contributed by atoms with Gasteiger partial charge in [-0.05, 0) is 37.5 Å². The molecule has 1 atom stereocenters. The molecule has 4 rings (SSSR count). The van der Waals surface area contributed by atoms with Gasteiger partial charge in [-0.1, -0.05) is 30.3 Å². The van der Waals surface area contributed by atoms with Gasteiger partial charge in [0.15, 0.2) is 0 Å². The number of carbonyl (C=O) groups is 2. The Hall–Kier alpha value is -3.68. The highest BCUT2D eigenvalue weighted by Gasteiger charge is 2.28. The maximum absolute atomic E-state index is 13.0. The number of aryl methyl sites for hydroxylation is 1. The largest absolute Gasteiger partial charge is 0.464 e. The van der Waals surface area contributed by atoms with Crippen molar-refractivity contribution in [2.24, 2.45) is 7.05 Å². The molecule has 3 heterocycles. The molecule has 8 nitrogen and oxygen atoms in total. The number of esters is 1. The van der Waals surface area contributed by atoms with Gasteiger partial charge in [-0.25, -0.2) is 4.68 Å². The number of carbonyl (C=O) groups excluding carboxylic acids is 2. The Kier molecular flexibility index (Phi) is 7.02. The molecule has 0 radical (unpaired) electrons. The van der Waals surface area contributed by atoms with Crippen LogP contribution < -0.4 is 5.56 Å². The van der Waals surface area contributed by atoms with Gasteiger partial charge in [-0.3, -0.25) is 14.4 Å². The summed E-state index contributed by atoms with van der Waals surface area (Å²) in [6.07, 6.45) is 5.32. The van der Waals surface area contributed by atoms with Gasteiger partial charge >= 0.3 is 5.97 Å². The summed E-state index contributed by atoms with van der Waals surface area (Å²) < 4.78 is 8.35. The third-order valence-corrected chi connectivity index (χ3v) is 5.98. The topological polar surface area (TPSA) is 86.4 Å². The van der Waals surface area contributed by atoms with E-state index in [4.69, 9.17) is 4.74 Å². The van der Waals surface area contributed by atoms with Crippen molar-refractivity contribution in [3.8, 4) is 11.3 Å². The first-order valence-corrected chi connectivity index (χ1v) is 11.2. The van der Waals surface area contributed by atoms with E-state index in [2.05, 4.69) is 5.10 Å². The van der Waals surface area contributed by atoms with Crippen LogP contribution in [0.25, 0.3) is 11.3 Å². The van der Waals surface area contributed by atoms with Crippen LogP contribution in [0.4, 0.5) is 0 Å². The maximum atomic E-state index is 13.0. The molecule has 2 aromatic heterocycles. The first-order chi connectivity index (χ1) is 16.0. The summed E-state index contributed by atoms with van der Waals surface area (Å²) in [6.45, 7) is 0.637. The summed E-state index contributed by atoms with van der Waals surface area (Å²) in [5.41, 5.74) is 1.76. The maximum Gasteiger partial charge on any atom is 0.327 e. The van der Waals surface area contributed by atoms with E-state index in [-0.39, 0.29) is 30.7 Å². The molecule has 8 heteroatoms. The van der Waals surface area contributed by atoms with Gasteiger partial charge in [0.05, 0.1) is 12.3 Å². The molecular weight excluding hydrogens is 420 g/mol. The highest BCUT2D eigenvalue weighted by atomic mass is 16.5. The minimum Gasteiger partial charge on any atom is -0.464 e. The number of rotatable bonds is 7. The van der Waals surface area contributed by atoms with Gasteiger partial charge in [0, 0.05) is 43.9 Å². The van der Waals surface area contributed by atoms with Crippen molar-refractivity contribution in [1.29, 1.82) is 0 Å². The molecule has 33 heavy (non-hydrogen) atoms. The Labute approximate surface area is 192 Å². The number of benzene rings is 1. The summed E-state index contributed by atoms with van der Waals surface area (Å²) in [5.74, 6) is -0.516. The molecule has 1 fully saturated rings. The molecule has 172 valence electrons. The van der Waals surface area contributed by atoms with Crippen LogP contribution in [0.1, 0.15) is 36.2 Å². The third kappa shape index (κ3) is 5.39.